The predicted molar refractivity (Wildman–Crippen MR) is 136 cm³/mol. The maximum absolute atomic E-state index is 10.2. The molecule has 4 atom stereocenters. The molecule has 36 heavy (non-hydrogen) atoms. The monoisotopic (exact) mass is 490 g/mol. The number of aryl methyl sites for hydroxylation is 2. The summed E-state index contributed by atoms with van der Waals surface area (Å²) >= 11 is 0. The number of likely N-dealkylation sites (tertiary alicyclic amines) is 1. The first-order chi connectivity index (χ1) is 17.5. The minimum atomic E-state index is -0.363. The number of nitrogens with zero attached hydrogens (tertiary/aromatic N) is 6. The lowest BCUT2D eigenvalue weighted by Gasteiger charge is -2.37. The molecule has 1 aromatic carbocycles. The van der Waals surface area contributed by atoms with Crippen molar-refractivity contribution in [3.05, 3.63) is 41.3 Å². The number of benzene rings is 1. The van der Waals surface area contributed by atoms with E-state index in [1.165, 1.54) is 11.1 Å². The van der Waals surface area contributed by atoms with E-state index >= 15 is 0 Å². The predicted octanol–water partition coefficient (Wildman–Crippen LogP) is 2.35. The van der Waals surface area contributed by atoms with E-state index in [-0.39, 0.29) is 12.1 Å². The third-order valence-corrected chi connectivity index (χ3v) is 8.64. The quantitative estimate of drug-likeness (QED) is 0.596. The number of hydrogen-bond acceptors (Lipinski definition) is 8. The van der Waals surface area contributed by atoms with Gasteiger partial charge < -0.3 is 19.5 Å². The molecule has 2 unspecified atom stereocenters. The zero-order valence-corrected chi connectivity index (χ0v) is 21.0. The van der Waals surface area contributed by atoms with Gasteiger partial charge in [0.15, 0.2) is 5.82 Å². The molecule has 4 saturated heterocycles. The molecule has 3 aromatic rings. The summed E-state index contributed by atoms with van der Waals surface area (Å²) in [6.45, 7) is 8.92. The molecular formula is C27H34N6O3. The zero-order chi connectivity index (χ0) is 24.4. The fourth-order valence-corrected chi connectivity index (χ4v) is 6.72. The normalized spacial score (nSPS) is 29.1. The largest absolute Gasteiger partial charge is 0.389 e. The SMILES string of the molecule is Cc1nc(N2C[C@H]3C[C@@H]2CO3)cc(-n2ncc3cc(C)c(C4CCN(C5COCC5O)CC4)cc32)n1. The van der Waals surface area contributed by atoms with Gasteiger partial charge in [-0.15, -0.1) is 0 Å². The highest BCUT2D eigenvalue weighted by atomic mass is 16.5. The van der Waals surface area contributed by atoms with Crippen molar-refractivity contribution in [2.45, 2.75) is 63.3 Å². The van der Waals surface area contributed by atoms with Crippen LogP contribution in [0.5, 0.6) is 0 Å². The molecule has 2 aromatic heterocycles. The van der Waals surface area contributed by atoms with E-state index in [0.29, 0.717) is 31.3 Å². The molecule has 4 fully saturated rings. The van der Waals surface area contributed by atoms with Crippen LogP contribution in [0.3, 0.4) is 0 Å². The maximum atomic E-state index is 10.2. The van der Waals surface area contributed by atoms with Gasteiger partial charge in [0.2, 0.25) is 0 Å². The van der Waals surface area contributed by atoms with E-state index in [9.17, 15) is 5.11 Å². The minimum absolute atomic E-state index is 0.142. The fraction of sp³-hybridized carbons (Fsp3) is 0.593. The summed E-state index contributed by atoms with van der Waals surface area (Å²) in [4.78, 5) is 14.3. The van der Waals surface area contributed by atoms with E-state index in [1.54, 1.807) is 0 Å². The second-order valence-electron chi connectivity index (χ2n) is 10.9. The Morgan fingerprint density at radius 1 is 1.00 bits per heavy atom. The Labute approximate surface area is 211 Å². The van der Waals surface area contributed by atoms with Gasteiger partial charge in [-0.05, 0) is 75.4 Å². The van der Waals surface area contributed by atoms with Gasteiger partial charge in [-0.1, -0.05) is 0 Å². The van der Waals surface area contributed by atoms with Gasteiger partial charge in [-0.2, -0.15) is 5.10 Å². The van der Waals surface area contributed by atoms with Crippen molar-refractivity contribution < 1.29 is 14.6 Å². The van der Waals surface area contributed by atoms with E-state index in [0.717, 1.165) is 73.9 Å². The van der Waals surface area contributed by atoms with Crippen molar-refractivity contribution in [2.24, 2.45) is 0 Å². The molecule has 2 bridgehead atoms. The van der Waals surface area contributed by atoms with Crippen LogP contribution in [0.2, 0.25) is 0 Å². The highest BCUT2D eigenvalue weighted by Gasteiger charge is 2.40. The van der Waals surface area contributed by atoms with Gasteiger partial charge in [0.25, 0.3) is 0 Å². The van der Waals surface area contributed by atoms with Crippen LogP contribution < -0.4 is 4.90 Å². The summed E-state index contributed by atoms with van der Waals surface area (Å²) < 4.78 is 13.3. The summed E-state index contributed by atoms with van der Waals surface area (Å²) in [5.41, 5.74) is 3.80. The number of anilines is 1. The van der Waals surface area contributed by atoms with E-state index in [4.69, 9.17) is 24.5 Å². The zero-order valence-electron chi connectivity index (χ0n) is 21.0. The van der Waals surface area contributed by atoms with Crippen molar-refractivity contribution in [1.82, 2.24) is 24.6 Å². The lowest BCUT2D eigenvalue weighted by Crippen LogP contribution is -2.46. The molecule has 7 rings (SSSR count). The Kier molecular flexibility index (Phi) is 5.50. The molecule has 0 radical (unpaired) electrons. The third-order valence-electron chi connectivity index (χ3n) is 8.64. The van der Waals surface area contributed by atoms with Gasteiger partial charge in [-0.3, -0.25) is 4.90 Å². The number of aliphatic hydroxyl groups is 1. The Morgan fingerprint density at radius 3 is 2.56 bits per heavy atom. The number of rotatable bonds is 4. The number of aliphatic hydroxyl groups excluding tert-OH is 1. The molecular weight excluding hydrogens is 456 g/mol. The first-order valence-corrected chi connectivity index (χ1v) is 13.3. The Balaban J connectivity index is 1.18. The van der Waals surface area contributed by atoms with Crippen molar-refractivity contribution in [3.63, 3.8) is 0 Å². The van der Waals surface area contributed by atoms with Crippen molar-refractivity contribution in [2.75, 3.05) is 44.4 Å². The minimum Gasteiger partial charge on any atom is -0.389 e. The highest BCUT2D eigenvalue weighted by Crippen LogP contribution is 2.36. The molecule has 9 nitrogen and oxygen atoms in total. The number of morpholine rings is 1. The summed E-state index contributed by atoms with van der Waals surface area (Å²) in [6, 6.07) is 7.22. The average Bonchev–Trinajstić information content (AvgIpc) is 3.68. The van der Waals surface area contributed by atoms with Crippen LogP contribution in [0.15, 0.2) is 24.4 Å². The number of piperidine rings is 1. The van der Waals surface area contributed by atoms with Gasteiger partial charge >= 0.3 is 0 Å². The summed E-state index contributed by atoms with van der Waals surface area (Å²) in [7, 11) is 0. The first-order valence-electron chi connectivity index (χ1n) is 13.3. The Bertz CT molecular complexity index is 1290. The van der Waals surface area contributed by atoms with E-state index in [2.05, 4.69) is 34.9 Å². The van der Waals surface area contributed by atoms with Gasteiger partial charge in [0.1, 0.15) is 11.6 Å². The van der Waals surface area contributed by atoms with Crippen LogP contribution in [-0.2, 0) is 9.47 Å². The maximum Gasteiger partial charge on any atom is 0.159 e. The van der Waals surface area contributed by atoms with Crippen molar-refractivity contribution in [1.29, 1.82) is 0 Å². The molecule has 0 saturated carbocycles. The van der Waals surface area contributed by atoms with Gasteiger partial charge in [0.05, 0.1) is 55.8 Å². The topological polar surface area (TPSA) is 88.8 Å². The number of ether oxygens (including phenoxy) is 2. The van der Waals surface area contributed by atoms with Crippen LogP contribution >= 0.6 is 0 Å². The summed E-state index contributed by atoms with van der Waals surface area (Å²) in [6.07, 6.45) is 5.15. The molecule has 9 heteroatoms. The second kappa shape index (κ2) is 8.76. The second-order valence-corrected chi connectivity index (χ2v) is 10.9. The lowest BCUT2D eigenvalue weighted by atomic mass is 9.85. The van der Waals surface area contributed by atoms with Crippen molar-refractivity contribution >= 4 is 16.7 Å². The number of fused-ring (bicyclic) bond motifs is 3. The first kappa shape index (κ1) is 22.6. The smallest absolute Gasteiger partial charge is 0.159 e. The van der Waals surface area contributed by atoms with Gasteiger partial charge in [-0.25, -0.2) is 14.6 Å². The molecule has 0 spiro atoms. The summed E-state index contributed by atoms with van der Waals surface area (Å²) in [5, 5.41) is 16.1. The Hall–Kier alpha value is -2.59. The van der Waals surface area contributed by atoms with E-state index < -0.39 is 0 Å². The Morgan fingerprint density at radius 2 is 1.83 bits per heavy atom. The lowest BCUT2D eigenvalue weighted by molar-refractivity contribution is 0.0663. The van der Waals surface area contributed by atoms with Crippen LogP contribution in [0, 0.1) is 13.8 Å². The fourth-order valence-electron chi connectivity index (χ4n) is 6.72. The van der Waals surface area contributed by atoms with E-state index in [1.807, 2.05) is 17.8 Å². The molecule has 190 valence electrons. The van der Waals surface area contributed by atoms with Crippen LogP contribution in [0.1, 0.15) is 42.1 Å². The van der Waals surface area contributed by atoms with Crippen LogP contribution in [0.25, 0.3) is 16.7 Å². The van der Waals surface area contributed by atoms with Gasteiger partial charge in [0, 0.05) is 18.0 Å². The molecule has 4 aliphatic rings. The molecule has 6 heterocycles. The average molecular weight is 491 g/mol. The molecule has 0 amide bonds. The van der Waals surface area contributed by atoms with Crippen molar-refractivity contribution in [3.8, 4) is 5.82 Å². The number of aromatic nitrogens is 4. The molecule has 4 aliphatic heterocycles. The standard InChI is InChI=1S/C27H34N6O3/c1-16-7-19-11-28-33(27-10-26(29-17(2)30-27)32-12-21-8-20(32)13-36-21)23(19)9-22(16)18-3-5-31(6-4-18)24-14-35-15-25(24)34/h7,9-11,18,20-21,24-25,34H,3-6,8,12-15H2,1-2H3/t20-,21-,24?,25?/m1/s1. The molecule has 1 N–H and O–H groups in total. The van der Waals surface area contributed by atoms with Crippen LogP contribution in [-0.4, -0.2) is 93.5 Å². The third kappa shape index (κ3) is 3.80. The summed E-state index contributed by atoms with van der Waals surface area (Å²) in [5.74, 6) is 3.04. The number of hydrogen-bond donors (Lipinski definition) is 1. The molecule has 0 aliphatic carbocycles. The van der Waals surface area contributed by atoms with Crippen LogP contribution in [0.4, 0.5) is 5.82 Å². The highest BCUT2D eigenvalue weighted by molar-refractivity contribution is 5.82.